The van der Waals surface area contributed by atoms with Gasteiger partial charge in [-0.3, -0.25) is 9.69 Å². The van der Waals surface area contributed by atoms with Crippen molar-refractivity contribution in [3.63, 3.8) is 0 Å². The molecule has 0 bridgehead atoms. The van der Waals surface area contributed by atoms with Crippen LogP contribution in [0, 0.1) is 12.7 Å². The van der Waals surface area contributed by atoms with Gasteiger partial charge in [-0.15, -0.1) is 11.3 Å². The van der Waals surface area contributed by atoms with Crippen LogP contribution in [-0.4, -0.2) is 28.9 Å². The maximum atomic E-state index is 13.6. The molecule has 0 aliphatic carbocycles. The van der Waals surface area contributed by atoms with Gasteiger partial charge in [0, 0.05) is 5.69 Å². The lowest BCUT2D eigenvalue weighted by Crippen LogP contribution is -2.39. The van der Waals surface area contributed by atoms with Crippen molar-refractivity contribution >= 4 is 33.1 Å². The van der Waals surface area contributed by atoms with Crippen LogP contribution < -0.4 is 5.32 Å². The summed E-state index contributed by atoms with van der Waals surface area (Å²) < 4.78 is 14.7. The normalized spacial score (nSPS) is 12.5. The van der Waals surface area contributed by atoms with Crippen LogP contribution in [0.2, 0.25) is 0 Å². The Hall–Kier alpha value is -2.31. The van der Waals surface area contributed by atoms with Gasteiger partial charge in [0.1, 0.15) is 10.8 Å². The number of benzene rings is 2. The number of likely N-dealkylation sites (N-methyl/N-ethyl adjacent to an activating group) is 1. The van der Waals surface area contributed by atoms with Crippen molar-refractivity contribution in [1.82, 2.24) is 9.88 Å². The Kier molecular flexibility index (Phi) is 5.11. The van der Waals surface area contributed by atoms with E-state index < -0.39 is 0 Å². The summed E-state index contributed by atoms with van der Waals surface area (Å²) in [7, 11) is 1.88. The van der Waals surface area contributed by atoms with Crippen molar-refractivity contribution in [3.05, 3.63) is 58.9 Å². The zero-order valence-corrected chi connectivity index (χ0v) is 15.2. The van der Waals surface area contributed by atoms with E-state index in [-0.39, 0.29) is 17.8 Å². The van der Waals surface area contributed by atoms with Crippen molar-refractivity contribution in [2.24, 2.45) is 0 Å². The molecular weight excluding hydrogens is 337 g/mol. The molecule has 0 spiro atoms. The Balaban J connectivity index is 1.65. The molecule has 3 aromatic rings. The first kappa shape index (κ1) is 17.5. The van der Waals surface area contributed by atoms with Gasteiger partial charge >= 0.3 is 0 Å². The smallest absolute Gasteiger partial charge is 0.241 e. The third kappa shape index (κ3) is 4.03. The summed E-state index contributed by atoms with van der Waals surface area (Å²) in [6, 6.07) is 12.3. The fourth-order valence-electron chi connectivity index (χ4n) is 2.46. The summed E-state index contributed by atoms with van der Waals surface area (Å²) >= 11 is 1.63. The van der Waals surface area contributed by atoms with E-state index >= 15 is 0 Å². The molecule has 3 rings (SSSR count). The molecule has 4 nitrogen and oxygen atoms in total. The van der Waals surface area contributed by atoms with E-state index in [2.05, 4.69) is 10.3 Å². The molecule has 1 heterocycles. The van der Waals surface area contributed by atoms with Crippen molar-refractivity contribution in [2.75, 3.05) is 12.4 Å². The second kappa shape index (κ2) is 7.29. The lowest BCUT2D eigenvalue weighted by atomic mass is 10.2. The SMILES string of the molecule is Cc1ccc(NC(=O)C(C)N(C)Cc2nc3ccccc3s2)cc1F. The van der Waals surface area contributed by atoms with Crippen LogP contribution in [0.1, 0.15) is 17.5 Å². The molecule has 0 saturated heterocycles. The third-order valence-corrected chi connectivity index (χ3v) is 5.22. The molecule has 1 aromatic heterocycles. The van der Waals surface area contributed by atoms with Gasteiger partial charge in [-0.05, 0) is 50.7 Å². The van der Waals surface area contributed by atoms with E-state index in [1.165, 1.54) is 6.07 Å². The summed E-state index contributed by atoms with van der Waals surface area (Å²) in [4.78, 5) is 18.9. The van der Waals surface area contributed by atoms with Crippen LogP contribution in [0.3, 0.4) is 0 Å². The average molecular weight is 357 g/mol. The van der Waals surface area contributed by atoms with Gasteiger partial charge in [0.05, 0.1) is 22.8 Å². The summed E-state index contributed by atoms with van der Waals surface area (Å²) in [6.45, 7) is 4.10. The standard InChI is InChI=1S/C19H20FN3OS/c1-12-8-9-14(10-15(12)20)21-19(24)13(2)23(3)11-18-22-16-6-4-5-7-17(16)25-18/h4-10,13H,11H2,1-3H3,(H,21,24). The monoisotopic (exact) mass is 357 g/mol. The van der Waals surface area contributed by atoms with Crippen molar-refractivity contribution in [3.8, 4) is 0 Å². The van der Waals surface area contributed by atoms with Crippen LogP contribution >= 0.6 is 11.3 Å². The second-order valence-corrected chi connectivity index (χ2v) is 7.23. The highest BCUT2D eigenvalue weighted by Gasteiger charge is 2.19. The van der Waals surface area contributed by atoms with Crippen molar-refractivity contribution in [1.29, 1.82) is 0 Å². The number of amides is 1. The molecule has 130 valence electrons. The van der Waals surface area contributed by atoms with E-state index in [0.29, 0.717) is 17.8 Å². The predicted octanol–water partition coefficient (Wildman–Crippen LogP) is 4.20. The first-order chi connectivity index (χ1) is 11.9. The molecule has 6 heteroatoms. The number of carbonyl (C=O) groups is 1. The fourth-order valence-corrected chi connectivity index (χ4v) is 3.49. The number of para-hydroxylation sites is 1. The largest absolute Gasteiger partial charge is 0.325 e. The molecule has 1 atom stereocenters. The number of rotatable bonds is 5. The van der Waals surface area contributed by atoms with E-state index in [4.69, 9.17) is 0 Å². The Morgan fingerprint density at radius 3 is 2.80 bits per heavy atom. The topological polar surface area (TPSA) is 45.2 Å². The van der Waals surface area contributed by atoms with Crippen LogP contribution in [0.4, 0.5) is 10.1 Å². The minimum Gasteiger partial charge on any atom is -0.325 e. The van der Waals surface area contributed by atoms with E-state index in [1.807, 2.05) is 43.1 Å². The van der Waals surface area contributed by atoms with Gasteiger partial charge in [-0.25, -0.2) is 9.37 Å². The van der Waals surface area contributed by atoms with Gasteiger partial charge in [0.25, 0.3) is 0 Å². The molecule has 1 unspecified atom stereocenters. The highest BCUT2D eigenvalue weighted by atomic mass is 32.1. The number of halogens is 1. The molecule has 1 N–H and O–H groups in total. The van der Waals surface area contributed by atoms with Gasteiger partial charge in [-0.1, -0.05) is 18.2 Å². The number of fused-ring (bicyclic) bond motifs is 1. The lowest BCUT2D eigenvalue weighted by Gasteiger charge is -2.22. The number of nitrogens with zero attached hydrogens (tertiary/aromatic N) is 2. The molecule has 0 aliphatic heterocycles. The Morgan fingerprint density at radius 2 is 2.08 bits per heavy atom. The molecule has 25 heavy (non-hydrogen) atoms. The van der Waals surface area contributed by atoms with Crippen molar-refractivity contribution in [2.45, 2.75) is 26.4 Å². The number of thiazole rings is 1. The van der Waals surface area contributed by atoms with Crippen LogP contribution in [0.15, 0.2) is 42.5 Å². The van der Waals surface area contributed by atoms with Gasteiger partial charge in [0.15, 0.2) is 0 Å². The van der Waals surface area contributed by atoms with E-state index in [0.717, 1.165) is 15.2 Å². The number of aromatic nitrogens is 1. The Morgan fingerprint density at radius 1 is 1.32 bits per heavy atom. The first-order valence-corrected chi connectivity index (χ1v) is 8.87. The number of nitrogens with one attached hydrogen (secondary N) is 1. The lowest BCUT2D eigenvalue weighted by molar-refractivity contribution is -0.120. The zero-order chi connectivity index (χ0) is 18.0. The fraction of sp³-hybridized carbons (Fsp3) is 0.263. The molecular formula is C19H20FN3OS. The van der Waals surface area contributed by atoms with Crippen molar-refractivity contribution < 1.29 is 9.18 Å². The van der Waals surface area contributed by atoms with Gasteiger partial charge in [0.2, 0.25) is 5.91 Å². The molecule has 0 saturated carbocycles. The molecule has 2 aromatic carbocycles. The quantitative estimate of drug-likeness (QED) is 0.744. The Labute approximate surface area is 150 Å². The van der Waals surface area contributed by atoms with E-state index in [1.54, 1.807) is 30.4 Å². The summed E-state index contributed by atoms with van der Waals surface area (Å²) in [5.41, 5.74) is 2.00. The highest BCUT2D eigenvalue weighted by Crippen LogP contribution is 2.23. The highest BCUT2D eigenvalue weighted by molar-refractivity contribution is 7.18. The van der Waals surface area contributed by atoms with Crippen LogP contribution in [0.25, 0.3) is 10.2 Å². The first-order valence-electron chi connectivity index (χ1n) is 8.06. The maximum Gasteiger partial charge on any atom is 0.241 e. The molecule has 0 aliphatic rings. The number of hydrogen-bond acceptors (Lipinski definition) is 4. The molecule has 0 fully saturated rings. The minimum atomic E-state index is -0.364. The minimum absolute atomic E-state index is 0.174. The zero-order valence-electron chi connectivity index (χ0n) is 14.4. The number of carbonyl (C=O) groups excluding carboxylic acids is 1. The number of anilines is 1. The number of aryl methyl sites for hydroxylation is 1. The van der Waals surface area contributed by atoms with Gasteiger partial charge in [-0.2, -0.15) is 0 Å². The maximum absolute atomic E-state index is 13.6. The Bertz CT molecular complexity index is 876. The second-order valence-electron chi connectivity index (χ2n) is 6.12. The molecule has 0 radical (unpaired) electrons. The van der Waals surface area contributed by atoms with Gasteiger partial charge < -0.3 is 5.32 Å². The summed E-state index contributed by atoms with van der Waals surface area (Å²) in [6.07, 6.45) is 0. The summed E-state index contributed by atoms with van der Waals surface area (Å²) in [5.74, 6) is -0.500. The van der Waals surface area contributed by atoms with E-state index in [9.17, 15) is 9.18 Å². The average Bonchev–Trinajstić information content (AvgIpc) is 2.99. The van der Waals surface area contributed by atoms with Crippen LogP contribution in [0.5, 0.6) is 0 Å². The van der Waals surface area contributed by atoms with Crippen LogP contribution in [-0.2, 0) is 11.3 Å². The molecule has 1 amide bonds. The third-order valence-electron chi connectivity index (χ3n) is 4.20. The summed E-state index contributed by atoms with van der Waals surface area (Å²) in [5, 5.41) is 3.73. The number of hydrogen-bond donors (Lipinski definition) is 1. The predicted molar refractivity (Wildman–Crippen MR) is 100 cm³/mol.